The summed E-state index contributed by atoms with van der Waals surface area (Å²) in [5, 5.41) is 11.4. The Morgan fingerprint density at radius 3 is 2.50 bits per heavy atom. The van der Waals surface area contributed by atoms with Crippen molar-refractivity contribution in [2.45, 2.75) is 13.0 Å². The normalized spacial score (nSPS) is 13.1. The highest BCUT2D eigenvalue weighted by molar-refractivity contribution is 6.05. The van der Waals surface area contributed by atoms with Gasteiger partial charge in [-0.05, 0) is 24.1 Å². The van der Waals surface area contributed by atoms with Gasteiger partial charge in [-0.3, -0.25) is 4.79 Å². The molecule has 0 saturated heterocycles. The largest absolute Gasteiger partial charge is 0.505 e. The van der Waals surface area contributed by atoms with Crippen molar-refractivity contribution in [3.8, 4) is 17.1 Å². The molecule has 1 aromatic heterocycles. The molecule has 0 radical (unpaired) electrons. The van der Waals surface area contributed by atoms with Crippen LogP contribution in [-0.2, 0) is 13.0 Å². The number of para-hydroxylation sites is 1. The van der Waals surface area contributed by atoms with E-state index in [0.29, 0.717) is 36.8 Å². The van der Waals surface area contributed by atoms with E-state index in [4.69, 9.17) is 4.98 Å². The van der Waals surface area contributed by atoms with Crippen LogP contribution in [0.2, 0.25) is 0 Å². The topological polar surface area (TPSA) is 69.6 Å². The number of rotatable bonds is 3. The first kappa shape index (κ1) is 20.0. The minimum Gasteiger partial charge on any atom is -0.505 e. The second kappa shape index (κ2) is 7.96. The van der Waals surface area contributed by atoms with Crippen molar-refractivity contribution in [1.82, 2.24) is 14.9 Å². The van der Waals surface area contributed by atoms with Gasteiger partial charge in [0.25, 0.3) is 5.91 Å². The maximum absolute atomic E-state index is 13.6. The zero-order valence-electron chi connectivity index (χ0n) is 18.1. The second-order valence-electron chi connectivity index (χ2n) is 8.22. The monoisotopic (exact) mass is 424 g/mol. The van der Waals surface area contributed by atoms with Crippen molar-refractivity contribution < 1.29 is 9.90 Å². The number of carbonyl (C=O) groups is 1. The van der Waals surface area contributed by atoms with Gasteiger partial charge in [-0.25, -0.2) is 9.97 Å². The van der Waals surface area contributed by atoms with E-state index in [1.54, 1.807) is 4.90 Å². The number of anilines is 1. The summed E-state index contributed by atoms with van der Waals surface area (Å²) < 4.78 is 0. The molecule has 0 atom stereocenters. The van der Waals surface area contributed by atoms with E-state index in [0.717, 1.165) is 33.3 Å². The molecule has 0 saturated carbocycles. The Labute approximate surface area is 186 Å². The van der Waals surface area contributed by atoms with E-state index in [-0.39, 0.29) is 5.91 Å². The van der Waals surface area contributed by atoms with E-state index in [9.17, 15) is 9.90 Å². The van der Waals surface area contributed by atoms with E-state index in [1.165, 1.54) is 0 Å². The van der Waals surface area contributed by atoms with Crippen molar-refractivity contribution >= 4 is 22.5 Å². The van der Waals surface area contributed by atoms with Gasteiger partial charge in [0.2, 0.25) is 0 Å². The van der Waals surface area contributed by atoms with Crippen LogP contribution in [0.25, 0.3) is 22.3 Å². The Morgan fingerprint density at radius 2 is 1.72 bits per heavy atom. The third-order valence-electron chi connectivity index (χ3n) is 5.96. The van der Waals surface area contributed by atoms with Gasteiger partial charge >= 0.3 is 0 Å². The molecule has 1 aliphatic rings. The Bertz CT molecular complexity index is 1320. The van der Waals surface area contributed by atoms with Crippen LogP contribution >= 0.6 is 0 Å². The molecule has 2 heterocycles. The molecule has 0 unspecified atom stereocenters. The number of fused-ring (bicyclic) bond motifs is 2. The van der Waals surface area contributed by atoms with Crippen LogP contribution in [0.15, 0.2) is 66.7 Å². The second-order valence-corrected chi connectivity index (χ2v) is 8.22. The van der Waals surface area contributed by atoms with Crippen molar-refractivity contribution in [3.05, 3.63) is 83.6 Å². The predicted molar refractivity (Wildman–Crippen MR) is 126 cm³/mol. The molecule has 5 rings (SSSR count). The lowest BCUT2D eigenvalue weighted by molar-refractivity contribution is 0.0730. The molecule has 6 heteroatoms. The average molecular weight is 425 g/mol. The fourth-order valence-electron chi connectivity index (χ4n) is 4.26. The standard InChI is InChI=1S/C26H24N4O2/c1-29(2)22-13-12-18-16-30(15-14-19(18)24(22)31)26(32)23-20-10-6-7-11-21(20)27-25(28-23)17-8-4-3-5-9-17/h3-13,31H,14-16H2,1-2H3. The third-order valence-corrected chi connectivity index (χ3v) is 5.96. The number of hydrogen-bond acceptors (Lipinski definition) is 5. The van der Waals surface area contributed by atoms with E-state index in [1.807, 2.05) is 85.7 Å². The zero-order valence-corrected chi connectivity index (χ0v) is 18.1. The number of aromatic nitrogens is 2. The summed E-state index contributed by atoms with van der Waals surface area (Å²) in [7, 11) is 3.81. The fraction of sp³-hybridized carbons (Fsp3) is 0.192. The van der Waals surface area contributed by atoms with Gasteiger partial charge in [-0.15, -0.1) is 0 Å². The quantitative estimate of drug-likeness (QED) is 0.532. The zero-order chi connectivity index (χ0) is 22.2. The minimum atomic E-state index is -0.123. The average Bonchev–Trinajstić information content (AvgIpc) is 2.83. The van der Waals surface area contributed by atoms with Crippen LogP contribution in [0.3, 0.4) is 0 Å². The van der Waals surface area contributed by atoms with Crippen LogP contribution in [0, 0.1) is 0 Å². The maximum atomic E-state index is 13.6. The Balaban J connectivity index is 1.54. The highest BCUT2D eigenvalue weighted by atomic mass is 16.3. The van der Waals surface area contributed by atoms with Gasteiger partial charge in [0.15, 0.2) is 5.82 Å². The lowest BCUT2D eigenvalue weighted by atomic mass is 9.97. The Hall–Kier alpha value is -3.93. The molecule has 0 bridgehead atoms. The molecule has 1 aliphatic heterocycles. The molecule has 0 aliphatic carbocycles. The smallest absolute Gasteiger partial charge is 0.273 e. The van der Waals surface area contributed by atoms with Crippen molar-refractivity contribution in [2.75, 3.05) is 25.5 Å². The summed E-state index contributed by atoms with van der Waals surface area (Å²) in [6.07, 6.45) is 0.600. The van der Waals surface area contributed by atoms with Gasteiger partial charge in [0, 0.05) is 43.7 Å². The van der Waals surface area contributed by atoms with Gasteiger partial charge in [-0.2, -0.15) is 0 Å². The number of phenols is 1. The molecule has 0 fully saturated rings. The van der Waals surface area contributed by atoms with Crippen LogP contribution in [0.1, 0.15) is 21.6 Å². The molecule has 0 spiro atoms. The van der Waals surface area contributed by atoms with Crippen LogP contribution < -0.4 is 4.90 Å². The van der Waals surface area contributed by atoms with E-state index < -0.39 is 0 Å². The molecule has 4 aromatic rings. The van der Waals surface area contributed by atoms with Crippen LogP contribution in [0.5, 0.6) is 5.75 Å². The number of hydrogen-bond donors (Lipinski definition) is 1. The van der Waals surface area contributed by atoms with Crippen LogP contribution in [0.4, 0.5) is 5.69 Å². The summed E-state index contributed by atoms with van der Waals surface area (Å²) in [5.41, 5.74) is 4.70. The summed E-state index contributed by atoms with van der Waals surface area (Å²) >= 11 is 0. The predicted octanol–water partition coefficient (Wildman–Crippen LogP) is 4.27. The maximum Gasteiger partial charge on any atom is 0.273 e. The highest BCUT2D eigenvalue weighted by Gasteiger charge is 2.27. The third kappa shape index (κ3) is 3.43. The Morgan fingerprint density at radius 1 is 0.969 bits per heavy atom. The first-order valence-corrected chi connectivity index (χ1v) is 10.7. The molecular formula is C26H24N4O2. The number of amides is 1. The lowest BCUT2D eigenvalue weighted by Crippen LogP contribution is -2.36. The van der Waals surface area contributed by atoms with Crippen molar-refractivity contribution in [1.29, 1.82) is 0 Å². The first-order chi connectivity index (χ1) is 15.5. The number of phenolic OH excluding ortho intramolecular Hbond substituents is 1. The van der Waals surface area contributed by atoms with Crippen molar-refractivity contribution in [2.24, 2.45) is 0 Å². The first-order valence-electron chi connectivity index (χ1n) is 10.7. The summed E-state index contributed by atoms with van der Waals surface area (Å²) in [5.74, 6) is 0.722. The highest BCUT2D eigenvalue weighted by Crippen LogP contribution is 2.36. The van der Waals surface area contributed by atoms with Gasteiger partial charge in [-0.1, -0.05) is 54.6 Å². The number of benzene rings is 3. The fourth-order valence-corrected chi connectivity index (χ4v) is 4.26. The lowest BCUT2D eigenvalue weighted by Gasteiger charge is -2.30. The number of aromatic hydroxyl groups is 1. The Kier molecular flexibility index (Phi) is 4.98. The molecule has 1 N–H and O–H groups in total. The van der Waals surface area contributed by atoms with Gasteiger partial charge < -0.3 is 14.9 Å². The molecule has 6 nitrogen and oxygen atoms in total. The van der Waals surface area contributed by atoms with Crippen molar-refractivity contribution in [3.63, 3.8) is 0 Å². The van der Waals surface area contributed by atoms with Crippen LogP contribution in [-0.4, -0.2) is 46.5 Å². The summed E-state index contributed by atoms with van der Waals surface area (Å²) in [6.45, 7) is 0.962. The number of carbonyl (C=O) groups excluding carboxylic acids is 1. The molecule has 160 valence electrons. The SMILES string of the molecule is CN(C)c1ccc2c(c1O)CCN(C(=O)c1nc(-c3ccccc3)nc3ccccc13)C2. The summed E-state index contributed by atoms with van der Waals surface area (Å²) in [4.78, 5) is 26.7. The molecule has 3 aromatic carbocycles. The summed E-state index contributed by atoms with van der Waals surface area (Å²) in [6, 6.07) is 21.2. The minimum absolute atomic E-state index is 0.123. The molecule has 1 amide bonds. The van der Waals surface area contributed by atoms with E-state index in [2.05, 4.69) is 4.98 Å². The van der Waals surface area contributed by atoms with E-state index >= 15 is 0 Å². The molecular weight excluding hydrogens is 400 g/mol. The number of nitrogens with zero attached hydrogens (tertiary/aromatic N) is 4. The van der Waals surface area contributed by atoms with Gasteiger partial charge in [0.05, 0.1) is 11.2 Å². The molecule has 32 heavy (non-hydrogen) atoms. The van der Waals surface area contributed by atoms with Gasteiger partial charge in [0.1, 0.15) is 11.4 Å².